The van der Waals surface area contributed by atoms with E-state index in [2.05, 4.69) is 10.3 Å². The zero-order chi connectivity index (χ0) is 12.4. The number of halogens is 2. The molecule has 1 aromatic heterocycles. The zero-order valence-electron chi connectivity index (χ0n) is 9.29. The Bertz CT molecular complexity index is 414. The molecule has 17 heavy (non-hydrogen) atoms. The molecule has 0 bridgehead atoms. The average Bonchev–Trinajstić information content (AvgIpc) is 2.68. The van der Waals surface area contributed by atoms with Gasteiger partial charge >= 0.3 is 0 Å². The van der Waals surface area contributed by atoms with E-state index in [0.29, 0.717) is 12.6 Å². The van der Waals surface area contributed by atoms with E-state index < -0.39 is 11.6 Å². The zero-order valence-corrected chi connectivity index (χ0v) is 9.29. The number of nitrogen functional groups attached to an aromatic ring is 1. The summed E-state index contributed by atoms with van der Waals surface area (Å²) in [6.45, 7) is 0.413. The Labute approximate surface area is 97.8 Å². The van der Waals surface area contributed by atoms with Crippen molar-refractivity contribution in [3.8, 4) is 0 Å². The van der Waals surface area contributed by atoms with Crippen LogP contribution in [0.5, 0.6) is 0 Å². The van der Waals surface area contributed by atoms with Gasteiger partial charge in [-0.25, -0.2) is 13.8 Å². The van der Waals surface area contributed by atoms with Gasteiger partial charge in [-0.05, 0) is 12.8 Å². The van der Waals surface area contributed by atoms with Crippen molar-refractivity contribution in [1.29, 1.82) is 0 Å². The second-order valence-corrected chi connectivity index (χ2v) is 4.33. The van der Waals surface area contributed by atoms with Crippen LogP contribution in [-0.4, -0.2) is 22.7 Å². The van der Waals surface area contributed by atoms with Gasteiger partial charge in [-0.1, -0.05) is 6.42 Å². The molecule has 1 fully saturated rings. The third kappa shape index (κ3) is 2.63. The number of hydrogen-bond acceptors (Lipinski definition) is 4. The first-order valence-corrected chi connectivity index (χ1v) is 5.61. The lowest BCUT2D eigenvalue weighted by Crippen LogP contribution is -2.23. The van der Waals surface area contributed by atoms with Gasteiger partial charge in [0.05, 0.1) is 6.10 Å². The number of hydrogen-bond donors (Lipinski definition) is 3. The van der Waals surface area contributed by atoms with Gasteiger partial charge in [0.15, 0.2) is 23.3 Å². The summed E-state index contributed by atoms with van der Waals surface area (Å²) in [4.78, 5) is 3.59. The quantitative estimate of drug-likeness (QED) is 0.752. The first-order valence-electron chi connectivity index (χ1n) is 5.61. The third-order valence-electron chi connectivity index (χ3n) is 3.11. The smallest absolute Gasteiger partial charge is 0.168 e. The van der Waals surface area contributed by atoms with Crippen LogP contribution in [0.1, 0.15) is 19.3 Å². The first-order chi connectivity index (χ1) is 8.08. The van der Waals surface area contributed by atoms with E-state index in [1.807, 2.05) is 0 Å². The van der Waals surface area contributed by atoms with Gasteiger partial charge in [-0.15, -0.1) is 0 Å². The Balaban J connectivity index is 2.01. The van der Waals surface area contributed by atoms with Crippen LogP contribution in [-0.2, 0) is 0 Å². The molecule has 94 valence electrons. The lowest BCUT2D eigenvalue weighted by Gasteiger charge is -2.15. The van der Waals surface area contributed by atoms with Crippen molar-refractivity contribution in [1.82, 2.24) is 4.98 Å². The molecular formula is C11H15F2N3O. The average molecular weight is 243 g/mol. The van der Waals surface area contributed by atoms with Gasteiger partial charge in [-0.2, -0.15) is 0 Å². The molecular weight excluding hydrogens is 228 g/mol. The number of nitrogens with zero attached hydrogens (tertiary/aromatic N) is 1. The molecule has 2 atom stereocenters. The predicted molar refractivity (Wildman–Crippen MR) is 60.4 cm³/mol. The normalized spacial score (nSPS) is 23.9. The molecule has 1 saturated carbocycles. The van der Waals surface area contributed by atoms with Crippen LogP contribution in [0.25, 0.3) is 0 Å². The summed E-state index contributed by atoms with van der Waals surface area (Å²) in [5, 5.41) is 12.4. The minimum atomic E-state index is -0.867. The standard InChI is InChI=1S/C11H15F2N3O/c12-7-4-8(13)11(16-10(7)14)15-5-6-2-1-3-9(6)17/h4,6,9,17H,1-3,5H2,(H3,14,15,16). The third-order valence-corrected chi connectivity index (χ3v) is 3.11. The molecule has 2 rings (SSSR count). The van der Waals surface area contributed by atoms with Crippen LogP contribution in [0.4, 0.5) is 20.4 Å². The van der Waals surface area contributed by atoms with Gasteiger partial charge < -0.3 is 16.2 Å². The summed E-state index contributed by atoms with van der Waals surface area (Å²) >= 11 is 0. The Hall–Kier alpha value is -1.43. The van der Waals surface area contributed by atoms with E-state index >= 15 is 0 Å². The van der Waals surface area contributed by atoms with Gasteiger partial charge in [0.2, 0.25) is 0 Å². The van der Waals surface area contributed by atoms with E-state index in [4.69, 9.17) is 5.73 Å². The summed E-state index contributed by atoms with van der Waals surface area (Å²) in [6.07, 6.45) is 2.28. The monoisotopic (exact) mass is 243 g/mol. The fraction of sp³-hybridized carbons (Fsp3) is 0.545. The highest BCUT2D eigenvalue weighted by Gasteiger charge is 2.25. The van der Waals surface area contributed by atoms with E-state index in [-0.39, 0.29) is 23.7 Å². The predicted octanol–water partition coefficient (Wildman–Crippen LogP) is 1.51. The van der Waals surface area contributed by atoms with E-state index in [9.17, 15) is 13.9 Å². The second kappa shape index (κ2) is 4.83. The molecule has 0 radical (unpaired) electrons. The summed E-state index contributed by atoms with van der Waals surface area (Å²) in [5.41, 5.74) is 5.26. The molecule has 4 nitrogen and oxygen atoms in total. The lowest BCUT2D eigenvalue weighted by molar-refractivity contribution is 0.138. The van der Waals surface area contributed by atoms with E-state index in [0.717, 1.165) is 19.3 Å². The lowest BCUT2D eigenvalue weighted by atomic mass is 10.1. The molecule has 2 unspecified atom stereocenters. The van der Waals surface area contributed by atoms with Crippen molar-refractivity contribution >= 4 is 11.6 Å². The molecule has 0 amide bonds. The van der Waals surface area contributed by atoms with Crippen LogP contribution in [0.2, 0.25) is 0 Å². The molecule has 1 heterocycles. The van der Waals surface area contributed by atoms with Crippen molar-refractivity contribution in [3.63, 3.8) is 0 Å². The summed E-state index contributed by atoms with van der Waals surface area (Å²) in [7, 11) is 0. The van der Waals surface area contributed by atoms with Crippen LogP contribution in [0.15, 0.2) is 6.07 Å². The van der Waals surface area contributed by atoms with Crippen molar-refractivity contribution in [2.75, 3.05) is 17.6 Å². The number of pyridine rings is 1. The number of aromatic nitrogens is 1. The first kappa shape index (κ1) is 12.0. The molecule has 4 N–H and O–H groups in total. The summed E-state index contributed by atoms with van der Waals surface area (Å²) in [6, 6.07) is 0.704. The van der Waals surface area contributed by atoms with Crippen molar-refractivity contribution < 1.29 is 13.9 Å². The van der Waals surface area contributed by atoms with Crippen molar-refractivity contribution in [2.24, 2.45) is 5.92 Å². The summed E-state index contributed by atoms with van der Waals surface area (Å²) < 4.78 is 26.2. The second-order valence-electron chi connectivity index (χ2n) is 4.33. The maximum atomic E-state index is 13.3. The molecule has 0 saturated heterocycles. The Kier molecular flexibility index (Phi) is 3.42. The Morgan fingerprint density at radius 2 is 2.18 bits per heavy atom. The molecule has 6 heteroatoms. The molecule has 1 aliphatic carbocycles. The minimum absolute atomic E-state index is 0.0667. The topological polar surface area (TPSA) is 71.2 Å². The molecule has 0 aliphatic heterocycles. The highest BCUT2D eigenvalue weighted by molar-refractivity contribution is 5.44. The van der Waals surface area contributed by atoms with Crippen LogP contribution < -0.4 is 11.1 Å². The van der Waals surface area contributed by atoms with Crippen molar-refractivity contribution in [2.45, 2.75) is 25.4 Å². The van der Waals surface area contributed by atoms with Crippen LogP contribution in [0, 0.1) is 17.6 Å². The highest BCUT2D eigenvalue weighted by Crippen LogP contribution is 2.26. The van der Waals surface area contributed by atoms with Gasteiger partial charge in [-0.3, -0.25) is 0 Å². The number of rotatable bonds is 3. The minimum Gasteiger partial charge on any atom is -0.393 e. The fourth-order valence-electron chi connectivity index (χ4n) is 2.09. The van der Waals surface area contributed by atoms with E-state index in [1.165, 1.54) is 0 Å². The largest absolute Gasteiger partial charge is 0.393 e. The van der Waals surface area contributed by atoms with Crippen molar-refractivity contribution in [3.05, 3.63) is 17.7 Å². The fourth-order valence-corrected chi connectivity index (χ4v) is 2.09. The number of nitrogens with two attached hydrogens (primary N) is 1. The summed E-state index contributed by atoms with van der Waals surface area (Å²) in [5.74, 6) is -1.95. The molecule has 0 spiro atoms. The maximum Gasteiger partial charge on any atom is 0.168 e. The number of nitrogens with one attached hydrogen (secondary N) is 1. The Morgan fingerprint density at radius 1 is 1.41 bits per heavy atom. The molecule has 0 aromatic carbocycles. The van der Waals surface area contributed by atoms with Crippen LogP contribution >= 0.6 is 0 Å². The van der Waals surface area contributed by atoms with Gasteiger partial charge in [0, 0.05) is 18.5 Å². The number of aliphatic hydroxyl groups is 1. The molecule has 1 aliphatic rings. The maximum absolute atomic E-state index is 13.3. The SMILES string of the molecule is Nc1nc(NCC2CCCC2O)c(F)cc1F. The van der Waals surface area contributed by atoms with Gasteiger partial charge in [0.25, 0.3) is 0 Å². The Morgan fingerprint density at radius 3 is 2.82 bits per heavy atom. The number of aliphatic hydroxyl groups excluding tert-OH is 1. The molecule has 1 aromatic rings. The number of anilines is 2. The van der Waals surface area contributed by atoms with Gasteiger partial charge in [0.1, 0.15) is 0 Å². The highest BCUT2D eigenvalue weighted by atomic mass is 19.1. The van der Waals surface area contributed by atoms with Crippen LogP contribution in [0.3, 0.4) is 0 Å². The van der Waals surface area contributed by atoms with E-state index in [1.54, 1.807) is 0 Å².